The molecule has 1 aliphatic rings. The van der Waals surface area contributed by atoms with Crippen LogP contribution in [0.25, 0.3) is 0 Å². The first-order valence-electron chi connectivity index (χ1n) is 6.27. The number of halogens is 1. The molecule has 3 rings (SSSR count). The SMILES string of the molecule is Cc1ccc2c(c1C)NC(c1ccccc1Cl)C2. The van der Waals surface area contributed by atoms with Crippen LogP contribution < -0.4 is 5.32 Å². The Morgan fingerprint density at radius 3 is 2.67 bits per heavy atom. The molecule has 0 spiro atoms. The Bertz CT molecular complexity index is 604. The van der Waals surface area contributed by atoms with Crippen molar-refractivity contribution in [2.45, 2.75) is 26.3 Å². The second kappa shape index (κ2) is 4.33. The highest BCUT2D eigenvalue weighted by Gasteiger charge is 2.24. The van der Waals surface area contributed by atoms with Crippen LogP contribution in [0.3, 0.4) is 0 Å². The Balaban J connectivity index is 1.99. The van der Waals surface area contributed by atoms with Gasteiger partial charge < -0.3 is 5.32 Å². The van der Waals surface area contributed by atoms with Crippen molar-refractivity contribution in [3.63, 3.8) is 0 Å². The van der Waals surface area contributed by atoms with E-state index in [1.165, 1.54) is 27.9 Å². The minimum absolute atomic E-state index is 0.300. The van der Waals surface area contributed by atoms with Crippen molar-refractivity contribution in [2.75, 3.05) is 5.32 Å². The Kier molecular flexibility index (Phi) is 2.79. The van der Waals surface area contributed by atoms with E-state index in [0.717, 1.165) is 11.4 Å². The predicted octanol–water partition coefficient (Wildman–Crippen LogP) is 4.67. The quantitative estimate of drug-likeness (QED) is 0.783. The number of fused-ring (bicyclic) bond motifs is 1. The molecule has 2 aromatic carbocycles. The van der Waals surface area contributed by atoms with Gasteiger partial charge in [0.15, 0.2) is 0 Å². The zero-order valence-electron chi connectivity index (χ0n) is 10.6. The van der Waals surface area contributed by atoms with Crippen LogP contribution in [0.4, 0.5) is 5.69 Å². The molecule has 0 amide bonds. The Morgan fingerprint density at radius 1 is 1.11 bits per heavy atom. The van der Waals surface area contributed by atoms with Gasteiger partial charge in [-0.2, -0.15) is 0 Å². The molecule has 0 saturated heterocycles. The van der Waals surface area contributed by atoms with E-state index in [1.807, 2.05) is 18.2 Å². The zero-order valence-corrected chi connectivity index (χ0v) is 11.4. The van der Waals surface area contributed by atoms with Crippen molar-refractivity contribution in [1.82, 2.24) is 0 Å². The molecule has 1 aliphatic heterocycles. The molecule has 18 heavy (non-hydrogen) atoms. The molecule has 92 valence electrons. The highest BCUT2D eigenvalue weighted by molar-refractivity contribution is 6.31. The summed E-state index contributed by atoms with van der Waals surface area (Å²) in [5.41, 5.74) is 6.55. The molecule has 1 N–H and O–H groups in total. The minimum atomic E-state index is 0.300. The summed E-state index contributed by atoms with van der Waals surface area (Å²) >= 11 is 6.28. The van der Waals surface area contributed by atoms with E-state index in [9.17, 15) is 0 Å². The third-order valence-electron chi connectivity index (χ3n) is 3.85. The summed E-state index contributed by atoms with van der Waals surface area (Å²) in [7, 11) is 0. The fourth-order valence-electron chi connectivity index (χ4n) is 2.63. The second-order valence-electron chi connectivity index (χ2n) is 4.96. The molecule has 0 fully saturated rings. The number of nitrogens with one attached hydrogen (secondary N) is 1. The standard InChI is InChI=1S/C16H16ClN/c1-10-7-8-12-9-15(18-16(12)11(10)2)13-5-3-4-6-14(13)17/h3-8,15,18H,9H2,1-2H3. The van der Waals surface area contributed by atoms with Gasteiger partial charge in [-0.25, -0.2) is 0 Å². The van der Waals surface area contributed by atoms with Gasteiger partial charge in [0.25, 0.3) is 0 Å². The average molecular weight is 258 g/mol. The first-order valence-corrected chi connectivity index (χ1v) is 6.64. The molecule has 2 aromatic rings. The fraction of sp³-hybridized carbons (Fsp3) is 0.250. The number of aryl methyl sites for hydroxylation is 1. The van der Waals surface area contributed by atoms with Crippen molar-refractivity contribution in [3.8, 4) is 0 Å². The second-order valence-corrected chi connectivity index (χ2v) is 5.37. The molecule has 0 bridgehead atoms. The van der Waals surface area contributed by atoms with E-state index in [4.69, 9.17) is 11.6 Å². The molecule has 1 atom stereocenters. The topological polar surface area (TPSA) is 12.0 Å². The maximum atomic E-state index is 6.28. The average Bonchev–Trinajstić information content (AvgIpc) is 2.79. The van der Waals surface area contributed by atoms with Gasteiger partial charge in [0, 0.05) is 10.7 Å². The van der Waals surface area contributed by atoms with Crippen LogP contribution >= 0.6 is 11.6 Å². The van der Waals surface area contributed by atoms with Gasteiger partial charge in [0.1, 0.15) is 0 Å². The lowest BCUT2D eigenvalue weighted by atomic mass is 10.0. The van der Waals surface area contributed by atoms with E-state index in [2.05, 4.69) is 37.4 Å². The van der Waals surface area contributed by atoms with Gasteiger partial charge in [-0.15, -0.1) is 0 Å². The number of rotatable bonds is 1. The molecule has 0 aromatic heterocycles. The minimum Gasteiger partial charge on any atom is -0.377 e. The lowest BCUT2D eigenvalue weighted by molar-refractivity contribution is 0.824. The summed E-state index contributed by atoms with van der Waals surface area (Å²) < 4.78 is 0. The van der Waals surface area contributed by atoms with Crippen molar-refractivity contribution in [3.05, 3.63) is 63.7 Å². The van der Waals surface area contributed by atoms with Gasteiger partial charge in [0.05, 0.1) is 6.04 Å². The Labute approximate surface area is 113 Å². The van der Waals surface area contributed by atoms with E-state index in [1.54, 1.807) is 0 Å². The van der Waals surface area contributed by atoms with Crippen LogP contribution in [0.5, 0.6) is 0 Å². The monoisotopic (exact) mass is 257 g/mol. The van der Waals surface area contributed by atoms with Crippen LogP contribution in [-0.2, 0) is 6.42 Å². The molecule has 0 radical (unpaired) electrons. The lowest BCUT2D eigenvalue weighted by Crippen LogP contribution is -2.06. The molecular formula is C16H16ClN. The van der Waals surface area contributed by atoms with Crippen molar-refractivity contribution in [2.24, 2.45) is 0 Å². The third-order valence-corrected chi connectivity index (χ3v) is 4.19. The smallest absolute Gasteiger partial charge is 0.0569 e. The first-order chi connectivity index (χ1) is 8.66. The Hall–Kier alpha value is -1.47. The van der Waals surface area contributed by atoms with Crippen molar-refractivity contribution >= 4 is 17.3 Å². The lowest BCUT2D eigenvalue weighted by Gasteiger charge is -2.14. The molecule has 1 unspecified atom stereocenters. The number of benzene rings is 2. The maximum absolute atomic E-state index is 6.28. The summed E-state index contributed by atoms with van der Waals surface area (Å²) in [6.45, 7) is 4.33. The normalized spacial score (nSPS) is 17.4. The van der Waals surface area contributed by atoms with Gasteiger partial charge >= 0.3 is 0 Å². The summed E-state index contributed by atoms with van der Waals surface area (Å²) in [5, 5.41) is 4.46. The van der Waals surface area contributed by atoms with Crippen LogP contribution in [-0.4, -0.2) is 0 Å². The van der Waals surface area contributed by atoms with Gasteiger partial charge in [-0.1, -0.05) is 41.9 Å². The first kappa shape index (κ1) is 11.6. The van der Waals surface area contributed by atoms with E-state index in [-0.39, 0.29) is 0 Å². The van der Waals surface area contributed by atoms with Crippen LogP contribution in [0.15, 0.2) is 36.4 Å². The summed E-state index contributed by atoms with van der Waals surface area (Å²) in [6.07, 6.45) is 1.01. The molecular weight excluding hydrogens is 242 g/mol. The van der Waals surface area contributed by atoms with E-state index < -0.39 is 0 Å². The molecule has 0 saturated carbocycles. The van der Waals surface area contributed by atoms with Crippen LogP contribution in [0, 0.1) is 13.8 Å². The summed E-state index contributed by atoms with van der Waals surface area (Å²) in [6, 6.07) is 12.8. The number of anilines is 1. The van der Waals surface area contributed by atoms with Crippen molar-refractivity contribution < 1.29 is 0 Å². The Morgan fingerprint density at radius 2 is 1.89 bits per heavy atom. The molecule has 0 aliphatic carbocycles. The highest BCUT2D eigenvalue weighted by Crippen LogP contribution is 2.39. The molecule has 1 heterocycles. The largest absolute Gasteiger partial charge is 0.377 e. The van der Waals surface area contributed by atoms with E-state index in [0.29, 0.717) is 6.04 Å². The van der Waals surface area contributed by atoms with Crippen LogP contribution in [0.2, 0.25) is 5.02 Å². The maximum Gasteiger partial charge on any atom is 0.0569 e. The van der Waals surface area contributed by atoms with Gasteiger partial charge in [0.2, 0.25) is 0 Å². The van der Waals surface area contributed by atoms with Gasteiger partial charge in [-0.3, -0.25) is 0 Å². The highest BCUT2D eigenvalue weighted by atomic mass is 35.5. The molecule has 2 heteroatoms. The predicted molar refractivity (Wildman–Crippen MR) is 77.4 cm³/mol. The fourth-order valence-corrected chi connectivity index (χ4v) is 2.90. The van der Waals surface area contributed by atoms with Crippen molar-refractivity contribution in [1.29, 1.82) is 0 Å². The summed E-state index contributed by atoms with van der Waals surface area (Å²) in [5.74, 6) is 0. The number of hydrogen-bond donors (Lipinski definition) is 1. The van der Waals surface area contributed by atoms with Crippen LogP contribution in [0.1, 0.15) is 28.3 Å². The summed E-state index contributed by atoms with van der Waals surface area (Å²) in [4.78, 5) is 0. The number of hydrogen-bond acceptors (Lipinski definition) is 1. The van der Waals surface area contributed by atoms with E-state index >= 15 is 0 Å². The molecule has 1 nitrogen and oxygen atoms in total. The van der Waals surface area contributed by atoms with Gasteiger partial charge in [-0.05, 0) is 48.6 Å². The zero-order chi connectivity index (χ0) is 12.7. The third kappa shape index (κ3) is 1.79.